The van der Waals surface area contributed by atoms with Gasteiger partial charge in [0.2, 0.25) is 0 Å². The second-order valence-corrected chi connectivity index (χ2v) is 9.13. The van der Waals surface area contributed by atoms with Crippen molar-refractivity contribution in [2.45, 2.75) is 32.9 Å². The fourth-order valence-corrected chi connectivity index (χ4v) is 4.40. The molecular weight excluding hydrogens is 389 g/mol. The van der Waals surface area contributed by atoms with Gasteiger partial charge in [0, 0.05) is 50.4 Å². The van der Waals surface area contributed by atoms with Gasteiger partial charge in [-0.3, -0.25) is 14.6 Å². The Morgan fingerprint density at radius 3 is 2.68 bits per heavy atom. The molecule has 3 rings (SSSR count). The molecule has 4 nitrogen and oxygen atoms in total. The lowest BCUT2D eigenvalue weighted by molar-refractivity contribution is 0.101. The quantitative estimate of drug-likeness (QED) is 0.530. The number of ketones is 1. The normalized spacial score (nSPS) is 17.4. The van der Waals surface area contributed by atoms with Crippen molar-refractivity contribution in [3.63, 3.8) is 0 Å². The van der Waals surface area contributed by atoms with Gasteiger partial charge in [-0.05, 0) is 64.0 Å². The molecule has 0 spiro atoms. The second kappa shape index (κ2) is 11.5. The molecule has 2 aromatic rings. The van der Waals surface area contributed by atoms with E-state index in [4.69, 9.17) is 0 Å². The zero-order valence-electron chi connectivity index (χ0n) is 19.2. The zero-order chi connectivity index (χ0) is 22.2. The zero-order valence-corrected chi connectivity index (χ0v) is 19.2. The summed E-state index contributed by atoms with van der Waals surface area (Å²) in [7, 11) is 4.20. The summed E-state index contributed by atoms with van der Waals surface area (Å²) in [6.45, 7) is 8.18. The largest absolute Gasteiger partial charge is 0.308 e. The van der Waals surface area contributed by atoms with Gasteiger partial charge in [-0.1, -0.05) is 36.4 Å². The Bertz CT molecular complexity index is 854. The van der Waals surface area contributed by atoms with Crippen molar-refractivity contribution in [3.8, 4) is 0 Å². The number of rotatable bonds is 10. The smallest absolute Gasteiger partial charge is 0.159 e. The molecule has 31 heavy (non-hydrogen) atoms. The van der Waals surface area contributed by atoms with Crippen molar-refractivity contribution in [1.82, 2.24) is 14.7 Å². The van der Waals surface area contributed by atoms with E-state index in [1.54, 1.807) is 19.1 Å². The predicted octanol–water partition coefficient (Wildman–Crippen LogP) is 4.30. The monoisotopic (exact) mass is 425 g/mol. The minimum atomic E-state index is -0.109. The number of benzene rings is 2. The first-order valence-electron chi connectivity index (χ1n) is 11.3. The molecule has 1 atom stereocenters. The van der Waals surface area contributed by atoms with E-state index < -0.39 is 0 Å². The summed E-state index contributed by atoms with van der Waals surface area (Å²) in [5.74, 6) is 0.569. The van der Waals surface area contributed by atoms with E-state index in [0.717, 1.165) is 56.8 Å². The number of likely N-dealkylation sites (tertiary alicyclic amines) is 1. The van der Waals surface area contributed by atoms with Crippen LogP contribution in [0.2, 0.25) is 0 Å². The molecule has 1 heterocycles. The maximum Gasteiger partial charge on any atom is 0.159 e. The number of Topliss-reactive ketones (excluding diaryl/α,β-unsaturated/α-hetero) is 1. The highest BCUT2D eigenvalue weighted by atomic mass is 19.1. The van der Waals surface area contributed by atoms with Crippen LogP contribution in [0.4, 0.5) is 4.39 Å². The van der Waals surface area contributed by atoms with Gasteiger partial charge < -0.3 is 4.90 Å². The fraction of sp³-hybridized carbons (Fsp3) is 0.500. The third kappa shape index (κ3) is 7.53. The first-order valence-corrected chi connectivity index (χ1v) is 11.3. The summed E-state index contributed by atoms with van der Waals surface area (Å²) >= 11 is 0. The summed E-state index contributed by atoms with van der Waals surface area (Å²) in [5, 5.41) is 0. The Hall–Kier alpha value is -2.08. The van der Waals surface area contributed by atoms with Crippen molar-refractivity contribution >= 4 is 5.78 Å². The van der Waals surface area contributed by atoms with E-state index >= 15 is 0 Å². The van der Waals surface area contributed by atoms with Crippen LogP contribution in [0.3, 0.4) is 0 Å². The van der Waals surface area contributed by atoms with Crippen molar-refractivity contribution in [2.24, 2.45) is 5.92 Å². The molecule has 1 aliphatic heterocycles. The van der Waals surface area contributed by atoms with E-state index in [1.807, 2.05) is 30.3 Å². The number of halogens is 1. The summed E-state index contributed by atoms with van der Waals surface area (Å²) in [5.41, 5.74) is 2.75. The third-order valence-corrected chi connectivity index (χ3v) is 6.07. The maximum atomic E-state index is 14.1. The molecule has 1 unspecified atom stereocenters. The van der Waals surface area contributed by atoms with Crippen LogP contribution < -0.4 is 0 Å². The van der Waals surface area contributed by atoms with Crippen LogP contribution in [-0.2, 0) is 13.1 Å². The number of piperidine rings is 1. The van der Waals surface area contributed by atoms with Crippen molar-refractivity contribution < 1.29 is 9.18 Å². The lowest BCUT2D eigenvalue weighted by atomic mass is 9.96. The van der Waals surface area contributed by atoms with Gasteiger partial charge in [0.05, 0.1) is 0 Å². The first-order chi connectivity index (χ1) is 14.9. The minimum absolute atomic E-state index is 0.109. The summed E-state index contributed by atoms with van der Waals surface area (Å²) < 4.78 is 14.1. The molecular formula is C26H36FN3O. The molecule has 0 N–H and O–H groups in total. The average Bonchev–Trinajstić information content (AvgIpc) is 2.74. The predicted molar refractivity (Wildman–Crippen MR) is 125 cm³/mol. The molecule has 0 amide bonds. The molecule has 0 bridgehead atoms. The van der Waals surface area contributed by atoms with Crippen LogP contribution >= 0.6 is 0 Å². The summed E-state index contributed by atoms with van der Waals surface area (Å²) in [4.78, 5) is 18.9. The van der Waals surface area contributed by atoms with E-state index in [0.29, 0.717) is 12.5 Å². The van der Waals surface area contributed by atoms with E-state index in [1.165, 1.54) is 12.0 Å². The highest BCUT2D eigenvalue weighted by Gasteiger charge is 2.23. The molecule has 1 aliphatic rings. The summed E-state index contributed by atoms with van der Waals surface area (Å²) in [6, 6.07) is 15.1. The van der Waals surface area contributed by atoms with Crippen molar-refractivity contribution in [1.29, 1.82) is 0 Å². The van der Waals surface area contributed by atoms with Crippen LogP contribution in [0.5, 0.6) is 0 Å². The lowest BCUT2D eigenvalue weighted by Gasteiger charge is -2.36. The Balaban J connectivity index is 1.63. The highest BCUT2D eigenvalue weighted by Crippen LogP contribution is 2.21. The van der Waals surface area contributed by atoms with Gasteiger partial charge >= 0.3 is 0 Å². The second-order valence-electron chi connectivity index (χ2n) is 9.13. The van der Waals surface area contributed by atoms with E-state index in [-0.39, 0.29) is 11.6 Å². The highest BCUT2D eigenvalue weighted by molar-refractivity contribution is 5.94. The Morgan fingerprint density at radius 1 is 1.13 bits per heavy atom. The van der Waals surface area contributed by atoms with Crippen molar-refractivity contribution in [2.75, 3.05) is 46.8 Å². The van der Waals surface area contributed by atoms with Crippen LogP contribution in [0.15, 0.2) is 48.5 Å². The molecule has 1 saturated heterocycles. The van der Waals surface area contributed by atoms with Gasteiger partial charge in [0.25, 0.3) is 0 Å². The number of carbonyl (C=O) groups excluding carboxylic acids is 1. The van der Waals surface area contributed by atoms with Crippen molar-refractivity contribution in [3.05, 3.63) is 71.0 Å². The van der Waals surface area contributed by atoms with Crippen LogP contribution in [0, 0.1) is 11.7 Å². The Kier molecular flexibility index (Phi) is 8.76. The lowest BCUT2D eigenvalue weighted by Crippen LogP contribution is -2.42. The van der Waals surface area contributed by atoms with Gasteiger partial charge in [0.1, 0.15) is 5.82 Å². The van der Waals surface area contributed by atoms with E-state index in [2.05, 4.69) is 34.9 Å². The van der Waals surface area contributed by atoms with E-state index in [9.17, 15) is 9.18 Å². The Morgan fingerprint density at radius 2 is 1.94 bits per heavy atom. The molecule has 0 radical (unpaired) electrons. The van der Waals surface area contributed by atoms with Gasteiger partial charge in [-0.15, -0.1) is 0 Å². The van der Waals surface area contributed by atoms with Gasteiger partial charge in [-0.25, -0.2) is 4.39 Å². The number of hydrogen-bond acceptors (Lipinski definition) is 4. The third-order valence-electron chi connectivity index (χ3n) is 6.07. The van der Waals surface area contributed by atoms with Gasteiger partial charge in [0.15, 0.2) is 5.78 Å². The number of likely N-dealkylation sites (N-methyl/N-ethyl adjacent to an activating group) is 1. The minimum Gasteiger partial charge on any atom is -0.308 e. The molecule has 5 heteroatoms. The fourth-order valence-electron chi connectivity index (χ4n) is 4.40. The van der Waals surface area contributed by atoms with Crippen LogP contribution in [0.25, 0.3) is 0 Å². The average molecular weight is 426 g/mol. The number of hydrogen-bond donors (Lipinski definition) is 0. The maximum absolute atomic E-state index is 14.1. The molecule has 0 aliphatic carbocycles. The first kappa shape index (κ1) is 23.6. The Labute approximate surface area is 186 Å². The molecule has 1 fully saturated rings. The van der Waals surface area contributed by atoms with Crippen LogP contribution in [-0.4, -0.2) is 67.3 Å². The number of carbonyl (C=O) groups is 1. The molecule has 168 valence electrons. The molecule has 2 aromatic carbocycles. The topological polar surface area (TPSA) is 26.8 Å². The summed E-state index contributed by atoms with van der Waals surface area (Å²) in [6.07, 6.45) is 2.36. The van der Waals surface area contributed by atoms with Gasteiger partial charge in [-0.2, -0.15) is 0 Å². The standard InChI is InChI=1S/C26H36FN3O/c1-21(31)24-11-6-8-22(16-24)17-30(15-14-28(2)3)19-23-9-7-13-29(18-23)20-25-10-4-5-12-26(25)27/h4-6,8,10-12,16,23H,7,9,13-15,17-20H2,1-3H3. The molecule has 0 saturated carbocycles. The number of nitrogens with zero attached hydrogens (tertiary/aromatic N) is 3. The SMILES string of the molecule is CC(=O)c1cccc(CN(CCN(C)C)CC2CCCN(Cc3ccccc3F)C2)c1. The molecule has 0 aromatic heterocycles. The van der Waals surface area contributed by atoms with Crippen LogP contribution in [0.1, 0.15) is 41.3 Å².